The highest BCUT2D eigenvalue weighted by molar-refractivity contribution is 6.33. The van der Waals surface area contributed by atoms with Gasteiger partial charge in [0.25, 0.3) is 5.56 Å². The highest BCUT2D eigenvalue weighted by atomic mass is 35.5. The summed E-state index contributed by atoms with van der Waals surface area (Å²) in [5.41, 5.74) is 0.0909. The summed E-state index contributed by atoms with van der Waals surface area (Å²) in [5.74, 6) is 0. The van der Waals surface area contributed by atoms with E-state index in [4.69, 9.17) is 11.6 Å². The molecule has 0 unspecified atom stereocenters. The number of anilines is 1. The van der Waals surface area contributed by atoms with E-state index in [9.17, 15) is 4.79 Å². The molecular formula is C10H16ClN3O. The second kappa shape index (κ2) is 4.23. The van der Waals surface area contributed by atoms with Crippen molar-refractivity contribution in [3.63, 3.8) is 0 Å². The molecule has 4 nitrogen and oxygen atoms in total. The molecule has 0 amide bonds. The maximum atomic E-state index is 11.6. The van der Waals surface area contributed by atoms with E-state index in [0.717, 1.165) is 6.54 Å². The van der Waals surface area contributed by atoms with Crippen molar-refractivity contribution < 1.29 is 0 Å². The zero-order valence-electron chi connectivity index (χ0n) is 9.47. The normalized spacial score (nSPS) is 11.5. The van der Waals surface area contributed by atoms with Crippen molar-refractivity contribution in [1.29, 1.82) is 0 Å². The zero-order valence-corrected chi connectivity index (χ0v) is 10.2. The Kier molecular flexibility index (Phi) is 3.39. The predicted octanol–water partition coefficient (Wildman–Crippen LogP) is 2.05. The first-order valence-electron chi connectivity index (χ1n) is 4.88. The Hall–Kier alpha value is -1.03. The molecule has 0 saturated heterocycles. The Balaban J connectivity index is 3.31. The molecule has 1 aromatic rings. The minimum absolute atomic E-state index is 0.146. The number of hydrogen-bond acceptors (Lipinski definition) is 3. The number of rotatable bonds is 2. The molecule has 0 bridgehead atoms. The van der Waals surface area contributed by atoms with Gasteiger partial charge >= 0.3 is 0 Å². The fraction of sp³-hybridized carbons (Fsp3) is 0.600. The van der Waals surface area contributed by atoms with E-state index in [1.165, 1.54) is 6.20 Å². The molecule has 0 aliphatic heterocycles. The van der Waals surface area contributed by atoms with Crippen LogP contribution in [-0.2, 0) is 0 Å². The van der Waals surface area contributed by atoms with Gasteiger partial charge < -0.3 is 4.90 Å². The van der Waals surface area contributed by atoms with Crippen LogP contribution in [0.2, 0.25) is 5.02 Å². The largest absolute Gasteiger partial charge is 0.361 e. The van der Waals surface area contributed by atoms with E-state index in [-0.39, 0.29) is 11.1 Å². The Labute approximate surface area is 94.3 Å². The van der Waals surface area contributed by atoms with Crippen LogP contribution in [0.15, 0.2) is 11.0 Å². The van der Waals surface area contributed by atoms with E-state index in [0.29, 0.717) is 10.7 Å². The van der Waals surface area contributed by atoms with E-state index in [2.05, 4.69) is 10.2 Å². The molecular weight excluding hydrogens is 214 g/mol. The van der Waals surface area contributed by atoms with Crippen LogP contribution in [-0.4, -0.2) is 22.3 Å². The molecule has 0 aliphatic carbocycles. The summed E-state index contributed by atoms with van der Waals surface area (Å²) in [5, 5.41) is 6.43. The van der Waals surface area contributed by atoms with Crippen LogP contribution in [0.3, 0.4) is 0 Å². The number of H-pyrrole nitrogens is 1. The molecule has 0 saturated carbocycles. The Bertz CT molecular complexity index is 394. The lowest BCUT2D eigenvalue weighted by Gasteiger charge is -2.36. The van der Waals surface area contributed by atoms with E-state index in [1.54, 1.807) is 0 Å². The molecule has 84 valence electrons. The average Bonchev–Trinajstić information content (AvgIpc) is 2.09. The maximum Gasteiger partial charge on any atom is 0.289 e. The van der Waals surface area contributed by atoms with E-state index >= 15 is 0 Å². The third kappa shape index (κ3) is 2.50. The summed E-state index contributed by atoms with van der Waals surface area (Å²) in [6, 6.07) is 0. The highest BCUT2D eigenvalue weighted by Gasteiger charge is 2.24. The SMILES string of the molecule is CCN(c1c(Cl)cn[nH]c1=O)C(C)(C)C. The monoisotopic (exact) mass is 229 g/mol. The number of aromatic nitrogens is 2. The number of nitrogens with zero attached hydrogens (tertiary/aromatic N) is 2. The molecule has 0 radical (unpaired) electrons. The lowest BCUT2D eigenvalue weighted by atomic mass is 10.1. The van der Waals surface area contributed by atoms with E-state index < -0.39 is 0 Å². The second-order valence-corrected chi connectivity index (χ2v) is 4.72. The van der Waals surface area contributed by atoms with Crippen molar-refractivity contribution in [3.05, 3.63) is 21.6 Å². The molecule has 1 N–H and O–H groups in total. The van der Waals surface area contributed by atoms with Gasteiger partial charge in [0.15, 0.2) is 0 Å². The molecule has 0 aromatic carbocycles. The minimum atomic E-state index is -0.251. The van der Waals surface area contributed by atoms with Crippen molar-refractivity contribution >= 4 is 17.3 Å². The Morgan fingerprint density at radius 1 is 1.53 bits per heavy atom. The number of nitrogens with one attached hydrogen (secondary N) is 1. The Morgan fingerprint density at radius 2 is 2.13 bits per heavy atom. The van der Waals surface area contributed by atoms with Crippen molar-refractivity contribution in [3.8, 4) is 0 Å². The van der Waals surface area contributed by atoms with Crippen molar-refractivity contribution in [1.82, 2.24) is 10.2 Å². The second-order valence-electron chi connectivity index (χ2n) is 4.31. The smallest absolute Gasteiger partial charge is 0.289 e. The fourth-order valence-corrected chi connectivity index (χ4v) is 1.83. The highest BCUT2D eigenvalue weighted by Crippen LogP contribution is 2.25. The van der Waals surface area contributed by atoms with Gasteiger partial charge in [-0.05, 0) is 27.7 Å². The topological polar surface area (TPSA) is 49.0 Å². The summed E-state index contributed by atoms with van der Waals surface area (Å²) in [4.78, 5) is 13.6. The summed E-state index contributed by atoms with van der Waals surface area (Å²) in [7, 11) is 0. The van der Waals surface area contributed by atoms with Gasteiger partial charge in [-0.25, -0.2) is 5.10 Å². The molecule has 1 heterocycles. The van der Waals surface area contributed by atoms with Gasteiger partial charge in [-0.2, -0.15) is 5.10 Å². The first kappa shape index (κ1) is 12.0. The van der Waals surface area contributed by atoms with Gasteiger partial charge in [-0.3, -0.25) is 4.79 Å². The summed E-state index contributed by atoms with van der Waals surface area (Å²) in [6.07, 6.45) is 1.45. The number of aromatic amines is 1. The molecule has 0 atom stereocenters. The standard InChI is InChI=1S/C10H16ClN3O/c1-5-14(10(2,3)4)8-7(11)6-12-13-9(8)15/h6H,5H2,1-4H3,(H,13,15). The summed E-state index contributed by atoms with van der Waals surface area (Å²) in [6.45, 7) is 8.81. The number of hydrogen-bond donors (Lipinski definition) is 1. The predicted molar refractivity (Wildman–Crippen MR) is 62.6 cm³/mol. The third-order valence-corrected chi connectivity index (χ3v) is 2.46. The van der Waals surface area contributed by atoms with Gasteiger partial charge in [-0.15, -0.1) is 0 Å². The molecule has 5 heteroatoms. The van der Waals surface area contributed by atoms with E-state index in [1.807, 2.05) is 32.6 Å². The average molecular weight is 230 g/mol. The van der Waals surface area contributed by atoms with Gasteiger partial charge in [0, 0.05) is 12.1 Å². The van der Waals surface area contributed by atoms with Gasteiger partial charge in [0.2, 0.25) is 0 Å². The van der Waals surface area contributed by atoms with Crippen LogP contribution in [0.25, 0.3) is 0 Å². The molecule has 1 aromatic heterocycles. The van der Waals surface area contributed by atoms with Crippen LogP contribution >= 0.6 is 11.6 Å². The lowest BCUT2D eigenvalue weighted by molar-refractivity contribution is 0.511. The van der Waals surface area contributed by atoms with Gasteiger partial charge in [0.1, 0.15) is 5.69 Å². The molecule has 15 heavy (non-hydrogen) atoms. The Morgan fingerprint density at radius 3 is 2.53 bits per heavy atom. The van der Waals surface area contributed by atoms with Crippen molar-refractivity contribution in [2.75, 3.05) is 11.4 Å². The quantitative estimate of drug-likeness (QED) is 0.845. The fourth-order valence-electron chi connectivity index (χ4n) is 1.59. The van der Waals surface area contributed by atoms with Crippen molar-refractivity contribution in [2.45, 2.75) is 33.2 Å². The number of halogens is 1. The third-order valence-electron chi connectivity index (χ3n) is 2.18. The van der Waals surface area contributed by atoms with Crippen LogP contribution in [0.4, 0.5) is 5.69 Å². The zero-order chi connectivity index (χ0) is 11.6. The lowest BCUT2D eigenvalue weighted by Crippen LogP contribution is -2.44. The first-order chi connectivity index (χ1) is 6.88. The summed E-state index contributed by atoms with van der Waals surface area (Å²) >= 11 is 5.98. The maximum absolute atomic E-state index is 11.6. The minimum Gasteiger partial charge on any atom is -0.361 e. The molecule has 0 aliphatic rings. The first-order valence-corrected chi connectivity index (χ1v) is 5.26. The molecule has 0 spiro atoms. The van der Waals surface area contributed by atoms with Gasteiger partial charge in [-0.1, -0.05) is 11.6 Å². The van der Waals surface area contributed by atoms with Crippen LogP contribution < -0.4 is 10.5 Å². The molecule has 1 rings (SSSR count). The van der Waals surface area contributed by atoms with Crippen LogP contribution in [0, 0.1) is 0 Å². The van der Waals surface area contributed by atoms with Crippen molar-refractivity contribution in [2.24, 2.45) is 0 Å². The van der Waals surface area contributed by atoms with Crippen LogP contribution in [0.1, 0.15) is 27.7 Å². The van der Waals surface area contributed by atoms with Gasteiger partial charge in [0.05, 0.1) is 11.2 Å². The molecule has 0 fully saturated rings. The van der Waals surface area contributed by atoms with Crippen LogP contribution in [0.5, 0.6) is 0 Å². The summed E-state index contributed by atoms with van der Waals surface area (Å²) < 4.78 is 0.